The lowest BCUT2D eigenvalue weighted by molar-refractivity contribution is -0.139. The van der Waals surface area contributed by atoms with Crippen LogP contribution >= 0.6 is 0 Å². The lowest BCUT2D eigenvalue weighted by Gasteiger charge is -2.07. The van der Waals surface area contributed by atoms with Crippen molar-refractivity contribution < 1.29 is 20.1 Å². The van der Waals surface area contributed by atoms with Gasteiger partial charge >= 0.3 is 5.97 Å². The van der Waals surface area contributed by atoms with Gasteiger partial charge in [0.05, 0.1) is 12.5 Å². The Morgan fingerprint density at radius 3 is 2.31 bits per heavy atom. The largest absolute Gasteiger partial charge is 0.508 e. The first-order valence-corrected chi connectivity index (χ1v) is 3.78. The monoisotopic (exact) mass is 182 g/mol. The summed E-state index contributed by atoms with van der Waals surface area (Å²) in [6.45, 7) is 0. The van der Waals surface area contributed by atoms with Crippen molar-refractivity contribution in [3.63, 3.8) is 0 Å². The third-order valence-corrected chi connectivity index (χ3v) is 1.65. The number of hydrogen-bond acceptors (Lipinski definition) is 3. The smallest absolute Gasteiger partial charge is 0.306 e. The summed E-state index contributed by atoms with van der Waals surface area (Å²) < 4.78 is 0. The molecule has 0 spiro atoms. The molecular weight excluding hydrogens is 172 g/mol. The Morgan fingerprint density at radius 1 is 1.31 bits per heavy atom. The maximum atomic E-state index is 10.2. The first-order chi connectivity index (χ1) is 6.09. The molecule has 1 atom stereocenters. The molecule has 4 heteroatoms. The predicted octanol–water partition coefficient (Wildman–Crippen LogP) is 0.900. The summed E-state index contributed by atoms with van der Waals surface area (Å²) >= 11 is 0. The summed E-state index contributed by atoms with van der Waals surface area (Å²) in [5.41, 5.74) is 0.486. The lowest BCUT2D eigenvalue weighted by atomic mass is 10.1. The molecule has 0 fully saturated rings. The summed E-state index contributed by atoms with van der Waals surface area (Å²) in [7, 11) is 0. The number of aromatic hydroxyl groups is 1. The fourth-order valence-electron chi connectivity index (χ4n) is 0.980. The molecule has 4 nitrogen and oxygen atoms in total. The predicted molar refractivity (Wildman–Crippen MR) is 45.3 cm³/mol. The van der Waals surface area contributed by atoms with Crippen molar-refractivity contribution in [3.05, 3.63) is 29.8 Å². The number of aliphatic hydroxyl groups excluding tert-OH is 1. The van der Waals surface area contributed by atoms with Crippen molar-refractivity contribution >= 4 is 5.97 Å². The summed E-state index contributed by atoms with van der Waals surface area (Å²) in [5.74, 6) is -0.966. The van der Waals surface area contributed by atoms with Crippen LogP contribution in [0.15, 0.2) is 24.3 Å². The van der Waals surface area contributed by atoms with E-state index in [1.165, 1.54) is 24.3 Å². The molecule has 1 aromatic carbocycles. The molecule has 0 amide bonds. The molecule has 0 saturated carbocycles. The number of carbonyl (C=O) groups is 1. The Bertz CT molecular complexity index is 291. The minimum Gasteiger partial charge on any atom is -0.508 e. The van der Waals surface area contributed by atoms with Crippen LogP contribution in [0.1, 0.15) is 18.1 Å². The fraction of sp³-hybridized carbons (Fsp3) is 0.222. The van der Waals surface area contributed by atoms with Gasteiger partial charge < -0.3 is 15.3 Å². The van der Waals surface area contributed by atoms with E-state index in [1.54, 1.807) is 0 Å². The Kier molecular flexibility index (Phi) is 2.87. The number of hydrogen-bond donors (Lipinski definition) is 3. The van der Waals surface area contributed by atoms with E-state index in [4.69, 9.17) is 10.2 Å². The van der Waals surface area contributed by atoms with E-state index < -0.39 is 12.1 Å². The van der Waals surface area contributed by atoms with Gasteiger partial charge in [-0.2, -0.15) is 0 Å². The van der Waals surface area contributed by atoms with Gasteiger partial charge in [-0.1, -0.05) is 12.1 Å². The molecule has 1 rings (SSSR count). The maximum absolute atomic E-state index is 10.2. The number of phenolic OH excluding ortho intramolecular Hbond substituents is 1. The Hall–Kier alpha value is -1.55. The molecule has 0 heterocycles. The normalized spacial score (nSPS) is 12.4. The number of aliphatic hydroxyl groups is 1. The number of rotatable bonds is 3. The van der Waals surface area contributed by atoms with Crippen LogP contribution in [-0.4, -0.2) is 21.3 Å². The van der Waals surface area contributed by atoms with E-state index in [-0.39, 0.29) is 12.2 Å². The number of carboxylic acids is 1. The van der Waals surface area contributed by atoms with Crippen molar-refractivity contribution in [1.82, 2.24) is 0 Å². The van der Waals surface area contributed by atoms with Crippen molar-refractivity contribution in [1.29, 1.82) is 0 Å². The lowest BCUT2D eigenvalue weighted by Crippen LogP contribution is -2.04. The average molecular weight is 182 g/mol. The van der Waals surface area contributed by atoms with Crippen molar-refractivity contribution in [2.75, 3.05) is 0 Å². The molecule has 0 aliphatic heterocycles. The zero-order valence-electron chi connectivity index (χ0n) is 6.84. The number of carboxylic acid groups (broad SMARTS) is 1. The summed E-state index contributed by atoms with van der Waals surface area (Å²) in [6.07, 6.45) is -1.34. The standard InChI is InChI=1S/C9H10O4/c10-7-3-1-6(2-4-7)8(11)5-9(12)13/h1-4,8,10-11H,5H2,(H,12,13)/t8-/m0/s1. The molecule has 0 aromatic heterocycles. The highest BCUT2D eigenvalue weighted by Crippen LogP contribution is 2.18. The van der Waals surface area contributed by atoms with E-state index in [0.717, 1.165) is 0 Å². The van der Waals surface area contributed by atoms with Gasteiger partial charge in [-0.05, 0) is 17.7 Å². The number of benzene rings is 1. The third kappa shape index (κ3) is 2.76. The number of phenols is 1. The zero-order valence-corrected chi connectivity index (χ0v) is 6.84. The molecule has 0 aliphatic rings. The van der Waals surface area contributed by atoms with E-state index in [9.17, 15) is 9.90 Å². The van der Waals surface area contributed by atoms with Gasteiger partial charge in [0, 0.05) is 0 Å². The van der Waals surface area contributed by atoms with Gasteiger partial charge in [-0.3, -0.25) is 4.79 Å². The Morgan fingerprint density at radius 2 is 1.85 bits per heavy atom. The minimum absolute atomic E-state index is 0.0891. The van der Waals surface area contributed by atoms with Gasteiger partial charge in [-0.25, -0.2) is 0 Å². The molecule has 0 aliphatic carbocycles. The van der Waals surface area contributed by atoms with E-state index in [0.29, 0.717) is 5.56 Å². The van der Waals surface area contributed by atoms with Gasteiger partial charge in [0.2, 0.25) is 0 Å². The fourth-order valence-corrected chi connectivity index (χ4v) is 0.980. The van der Waals surface area contributed by atoms with Crippen LogP contribution in [0.3, 0.4) is 0 Å². The second-order valence-corrected chi connectivity index (χ2v) is 2.71. The topological polar surface area (TPSA) is 77.8 Å². The highest BCUT2D eigenvalue weighted by atomic mass is 16.4. The SMILES string of the molecule is O=C(O)C[C@H](O)c1ccc(O)cc1. The first kappa shape index (κ1) is 9.54. The van der Waals surface area contributed by atoms with Crippen LogP contribution in [0.5, 0.6) is 5.75 Å². The number of aliphatic carboxylic acids is 1. The summed E-state index contributed by atoms with van der Waals surface area (Å²) in [4.78, 5) is 10.2. The molecule has 0 bridgehead atoms. The van der Waals surface area contributed by atoms with E-state index in [2.05, 4.69) is 0 Å². The quantitative estimate of drug-likeness (QED) is 0.649. The Labute approximate surface area is 75.1 Å². The van der Waals surface area contributed by atoms with Crippen LogP contribution in [0.2, 0.25) is 0 Å². The Balaban J connectivity index is 2.71. The minimum atomic E-state index is -1.06. The van der Waals surface area contributed by atoms with Gasteiger partial charge in [0.15, 0.2) is 0 Å². The van der Waals surface area contributed by atoms with Crippen LogP contribution < -0.4 is 0 Å². The molecule has 13 heavy (non-hydrogen) atoms. The van der Waals surface area contributed by atoms with Crippen LogP contribution in [0.4, 0.5) is 0 Å². The second kappa shape index (κ2) is 3.91. The molecule has 0 radical (unpaired) electrons. The van der Waals surface area contributed by atoms with Gasteiger partial charge in [-0.15, -0.1) is 0 Å². The summed E-state index contributed by atoms with van der Waals surface area (Å²) in [5, 5.41) is 26.6. The molecule has 0 unspecified atom stereocenters. The van der Waals surface area contributed by atoms with Crippen LogP contribution in [-0.2, 0) is 4.79 Å². The third-order valence-electron chi connectivity index (χ3n) is 1.65. The molecule has 1 aromatic rings. The van der Waals surface area contributed by atoms with Crippen molar-refractivity contribution in [2.45, 2.75) is 12.5 Å². The molecular formula is C9H10O4. The van der Waals surface area contributed by atoms with Crippen molar-refractivity contribution in [3.8, 4) is 5.75 Å². The zero-order chi connectivity index (χ0) is 9.84. The highest BCUT2D eigenvalue weighted by Gasteiger charge is 2.11. The molecule has 70 valence electrons. The van der Waals surface area contributed by atoms with Crippen LogP contribution in [0, 0.1) is 0 Å². The van der Waals surface area contributed by atoms with E-state index >= 15 is 0 Å². The summed E-state index contributed by atoms with van der Waals surface area (Å²) in [6, 6.07) is 5.78. The van der Waals surface area contributed by atoms with Crippen LogP contribution in [0.25, 0.3) is 0 Å². The molecule has 3 N–H and O–H groups in total. The average Bonchev–Trinajstić information content (AvgIpc) is 2.04. The highest BCUT2D eigenvalue weighted by molar-refractivity contribution is 5.67. The second-order valence-electron chi connectivity index (χ2n) is 2.71. The maximum Gasteiger partial charge on any atom is 0.306 e. The molecule has 0 saturated heterocycles. The van der Waals surface area contributed by atoms with Crippen molar-refractivity contribution in [2.24, 2.45) is 0 Å². The first-order valence-electron chi connectivity index (χ1n) is 3.78. The van der Waals surface area contributed by atoms with E-state index in [1.807, 2.05) is 0 Å². The van der Waals surface area contributed by atoms with Gasteiger partial charge in [0.1, 0.15) is 5.75 Å². The van der Waals surface area contributed by atoms with Gasteiger partial charge in [0.25, 0.3) is 0 Å².